The van der Waals surface area contributed by atoms with Crippen molar-refractivity contribution in [3.05, 3.63) is 47.9 Å². The van der Waals surface area contributed by atoms with Crippen LogP contribution in [0.5, 0.6) is 11.5 Å². The summed E-state index contributed by atoms with van der Waals surface area (Å²) in [5.74, 6) is 1.83. The number of carbonyl (C=O) groups excluding carboxylic acids is 2. The Kier molecular flexibility index (Phi) is 5.47. The highest BCUT2D eigenvalue weighted by Gasteiger charge is 2.36. The maximum absolute atomic E-state index is 12.9. The first-order chi connectivity index (χ1) is 14.0. The van der Waals surface area contributed by atoms with Crippen molar-refractivity contribution in [2.75, 3.05) is 19.8 Å². The van der Waals surface area contributed by atoms with E-state index in [-0.39, 0.29) is 36.1 Å². The number of fused-ring (bicyclic) bond motifs is 1. The van der Waals surface area contributed by atoms with Gasteiger partial charge in [-0.25, -0.2) is 0 Å². The second kappa shape index (κ2) is 8.19. The van der Waals surface area contributed by atoms with Crippen LogP contribution in [-0.2, 0) is 16.1 Å². The molecule has 7 nitrogen and oxygen atoms in total. The Labute approximate surface area is 170 Å². The molecule has 7 heteroatoms. The number of amides is 2. The van der Waals surface area contributed by atoms with Gasteiger partial charge < -0.3 is 24.1 Å². The second-order valence-electron chi connectivity index (χ2n) is 7.89. The molecule has 2 unspecified atom stereocenters. The van der Waals surface area contributed by atoms with E-state index in [4.69, 9.17) is 13.9 Å². The molecule has 0 bridgehead atoms. The minimum atomic E-state index is -0.365. The van der Waals surface area contributed by atoms with Gasteiger partial charge in [-0.05, 0) is 35.7 Å². The highest BCUT2D eigenvalue weighted by atomic mass is 16.6. The Morgan fingerprint density at radius 2 is 2.00 bits per heavy atom. The van der Waals surface area contributed by atoms with E-state index in [1.165, 1.54) is 0 Å². The monoisotopic (exact) mass is 398 g/mol. The zero-order chi connectivity index (χ0) is 20.4. The van der Waals surface area contributed by atoms with Gasteiger partial charge in [-0.3, -0.25) is 9.59 Å². The Hall–Kier alpha value is -2.96. The number of hydrogen-bond donors (Lipinski definition) is 1. The number of carbonyl (C=O) groups is 2. The maximum Gasteiger partial charge on any atom is 0.225 e. The lowest BCUT2D eigenvalue weighted by molar-refractivity contribution is -0.129. The fraction of sp³-hybridized carbons (Fsp3) is 0.455. The Morgan fingerprint density at radius 1 is 1.21 bits per heavy atom. The zero-order valence-electron chi connectivity index (χ0n) is 16.7. The third-order valence-corrected chi connectivity index (χ3v) is 5.40. The van der Waals surface area contributed by atoms with Gasteiger partial charge in [-0.1, -0.05) is 19.9 Å². The first kappa shape index (κ1) is 19.4. The summed E-state index contributed by atoms with van der Waals surface area (Å²) in [5.41, 5.74) is 0.967. The quantitative estimate of drug-likeness (QED) is 0.809. The van der Waals surface area contributed by atoms with E-state index in [1.807, 2.05) is 24.3 Å². The molecule has 2 aliphatic heterocycles. The molecule has 1 N–H and O–H groups in total. The summed E-state index contributed by atoms with van der Waals surface area (Å²) in [6.07, 6.45) is 1.80. The zero-order valence-corrected chi connectivity index (χ0v) is 16.7. The van der Waals surface area contributed by atoms with E-state index in [2.05, 4.69) is 19.2 Å². The van der Waals surface area contributed by atoms with Gasteiger partial charge in [-0.2, -0.15) is 0 Å². The SMILES string of the molecule is CC(C)C(NC(=O)C1CC(=O)N(Cc2ccco2)C1)c1ccc2c(c1)OCCO2. The standard InChI is InChI=1S/C22H26N2O5/c1-14(2)21(15-5-6-18-19(10-15)29-9-8-28-18)23-22(26)16-11-20(25)24(12-16)13-17-4-3-7-27-17/h3-7,10,14,16,21H,8-9,11-13H2,1-2H3,(H,23,26). The molecular formula is C22H26N2O5. The largest absolute Gasteiger partial charge is 0.486 e. The number of benzene rings is 1. The number of ether oxygens (including phenoxy) is 2. The fourth-order valence-corrected chi connectivity index (χ4v) is 3.85. The Bertz CT molecular complexity index is 877. The number of likely N-dealkylation sites (tertiary alicyclic amines) is 1. The van der Waals surface area contributed by atoms with Crippen LogP contribution in [0.1, 0.15) is 37.6 Å². The molecule has 1 fully saturated rings. The lowest BCUT2D eigenvalue weighted by Crippen LogP contribution is -2.37. The lowest BCUT2D eigenvalue weighted by Gasteiger charge is -2.26. The summed E-state index contributed by atoms with van der Waals surface area (Å²) >= 11 is 0. The molecule has 1 saturated heterocycles. The Balaban J connectivity index is 1.43. The van der Waals surface area contributed by atoms with Crippen LogP contribution < -0.4 is 14.8 Å². The number of rotatable bonds is 6. The fourth-order valence-electron chi connectivity index (χ4n) is 3.85. The van der Waals surface area contributed by atoms with E-state index < -0.39 is 0 Å². The van der Waals surface area contributed by atoms with Gasteiger partial charge in [0.05, 0.1) is 24.8 Å². The smallest absolute Gasteiger partial charge is 0.225 e. The minimum absolute atomic E-state index is 0.0259. The van der Waals surface area contributed by atoms with Gasteiger partial charge in [-0.15, -0.1) is 0 Å². The average Bonchev–Trinajstić information content (AvgIpc) is 3.36. The number of hydrogen-bond acceptors (Lipinski definition) is 5. The molecule has 29 heavy (non-hydrogen) atoms. The molecule has 1 aromatic carbocycles. The number of nitrogens with one attached hydrogen (secondary N) is 1. The first-order valence-electron chi connectivity index (χ1n) is 10.0. The van der Waals surface area contributed by atoms with Crippen LogP contribution in [0.3, 0.4) is 0 Å². The summed E-state index contributed by atoms with van der Waals surface area (Å²) in [4.78, 5) is 27.0. The molecule has 0 spiro atoms. The highest BCUT2D eigenvalue weighted by Crippen LogP contribution is 2.34. The summed E-state index contributed by atoms with van der Waals surface area (Å²) in [7, 11) is 0. The van der Waals surface area contributed by atoms with E-state index in [1.54, 1.807) is 17.2 Å². The molecule has 1 aromatic heterocycles. The number of nitrogens with zero attached hydrogens (tertiary/aromatic N) is 1. The van der Waals surface area contributed by atoms with Crippen molar-refractivity contribution in [1.82, 2.24) is 10.2 Å². The number of furan rings is 1. The maximum atomic E-state index is 12.9. The lowest BCUT2D eigenvalue weighted by atomic mass is 9.94. The van der Waals surface area contributed by atoms with Gasteiger partial charge >= 0.3 is 0 Å². The minimum Gasteiger partial charge on any atom is -0.486 e. The van der Waals surface area contributed by atoms with E-state index >= 15 is 0 Å². The summed E-state index contributed by atoms with van der Waals surface area (Å²) in [6.45, 7) is 5.98. The van der Waals surface area contributed by atoms with Gasteiger partial charge in [0.1, 0.15) is 19.0 Å². The molecule has 2 aliphatic rings. The third-order valence-electron chi connectivity index (χ3n) is 5.40. The first-order valence-corrected chi connectivity index (χ1v) is 10.0. The van der Waals surface area contributed by atoms with Crippen LogP contribution in [0.4, 0.5) is 0 Å². The predicted molar refractivity (Wildman–Crippen MR) is 105 cm³/mol. The van der Waals surface area contributed by atoms with Crippen molar-refractivity contribution in [2.24, 2.45) is 11.8 Å². The van der Waals surface area contributed by atoms with Gasteiger partial charge in [0.2, 0.25) is 11.8 Å². The predicted octanol–water partition coefficient (Wildman–Crippen LogP) is 2.91. The highest BCUT2D eigenvalue weighted by molar-refractivity contribution is 5.89. The molecule has 0 radical (unpaired) electrons. The van der Waals surface area contributed by atoms with Gasteiger partial charge in [0.25, 0.3) is 0 Å². The molecule has 154 valence electrons. The molecule has 2 aromatic rings. The van der Waals surface area contributed by atoms with Crippen LogP contribution in [-0.4, -0.2) is 36.5 Å². The van der Waals surface area contributed by atoms with Crippen LogP contribution in [0.25, 0.3) is 0 Å². The van der Waals surface area contributed by atoms with E-state index in [9.17, 15) is 9.59 Å². The van der Waals surface area contributed by atoms with Crippen LogP contribution in [0, 0.1) is 11.8 Å². The van der Waals surface area contributed by atoms with E-state index in [0.29, 0.717) is 32.1 Å². The van der Waals surface area contributed by atoms with Crippen LogP contribution in [0.15, 0.2) is 41.0 Å². The Morgan fingerprint density at radius 3 is 2.72 bits per heavy atom. The molecule has 0 saturated carbocycles. The van der Waals surface area contributed by atoms with Gasteiger partial charge in [0.15, 0.2) is 11.5 Å². The second-order valence-corrected chi connectivity index (χ2v) is 7.89. The van der Waals surface area contributed by atoms with Crippen molar-refractivity contribution >= 4 is 11.8 Å². The van der Waals surface area contributed by atoms with Crippen LogP contribution in [0.2, 0.25) is 0 Å². The molecule has 0 aliphatic carbocycles. The average molecular weight is 398 g/mol. The molecule has 2 amide bonds. The van der Waals surface area contributed by atoms with Crippen molar-refractivity contribution < 1.29 is 23.5 Å². The molecular weight excluding hydrogens is 372 g/mol. The molecule has 3 heterocycles. The summed E-state index contributed by atoms with van der Waals surface area (Å²) in [5, 5.41) is 3.14. The van der Waals surface area contributed by atoms with E-state index in [0.717, 1.165) is 17.1 Å². The van der Waals surface area contributed by atoms with Crippen LogP contribution >= 0.6 is 0 Å². The summed E-state index contributed by atoms with van der Waals surface area (Å²) in [6, 6.07) is 9.23. The third kappa shape index (κ3) is 4.23. The normalized spacial score (nSPS) is 19.5. The molecule has 4 rings (SSSR count). The molecule has 2 atom stereocenters. The van der Waals surface area contributed by atoms with Crippen molar-refractivity contribution in [3.63, 3.8) is 0 Å². The van der Waals surface area contributed by atoms with Gasteiger partial charge in [0, 0.05) is 13.0 Å². The van der Waals surface area contributed by atoms with Crippen molar-refractivity contribution in [1.29, 1.82) is 0 Å². The topological polar surface area (TPSA) is 81.0 Å². The van der Waals surface area contributed by atoms with Crippen molar-refractivity contribution in [2.45, 2.75) is 32.9 Å². The summed E-state index contributed by atoms with van der Waals surface area (Å²) < 4.78 is 16.6. The van der Waals surface area contributed by atoms with Crippen molar-refractivity contribution in [3.8, 4) is 11.5 Å².